The first-order chi connectivity index (χ1) is 16.5. The molecule has 0 spiro atoms. The van der Waals surface area contributed by atoms with Crippen molar-refractivity contribution in [1.82, 2.24) is 29.5 Å². The fraction of sp³-hybridized carbons (Fsp3) is 0.440. The minimum Gasteiger partial charge on any atom is -0.357 e. The third kappa shape index (κ3) is 4.65. The predicted octanol–water partition coefficient (Wildman–Crippen LogP) is 3.49. The van der Waals surface area contributed by atoms with E-state index in [-0.39, 0.29) is 5.91 Å². The topological polar surface area (TPSA) is 70.4 Å². The van der Waals surface area contributed by atoms with Gasteiger partial charge in [-0.05, 0) is 62.8 Å². The number of fused-ring (bicyclic) bond motifs is 3. The molecule has 0 atom stereocenters. The first-order valence-electron chi connectivity index (χ1n) is 11.8. The van der Waals surface area contributed by atoms with E-state index in [4.69, 9.17) is 11.6 Å². The van der Waals surface area contributed by atoms with Crippen LogP contribution in [0.15, 0.2) is 42.6 Å². The summed E-state index contributed by atoms with van der Waals surface area (Å²) in [7, 11) is 3.96. The number of nitrogens with zero attached hydrogens (tertiary/aromatic N) is 7. The Morgan fingerprint density at radius 1 is 1.12 bits per heavy atom. The van der Waals surface area contributed by atoms with Gasteiger partial charge in [-0.3, -0.25) is 9.36 Å². The highest BCUT2D eigenvalue weighted by atomic mass is 35.5. The quantitative estimate of drug-likeness (QED) is 0.558. The number of amides is 1. The number of hydrogen-bond donors (Lipinski definition) is 0. The van der Waals surface area contributed by atoms with Gasteiger partial charge in [-0.1, -0.05) is 17.7 Å². The van der Waals surface area contributed by atoms with Gasteiger partial charge in [0.2, 0.25) is 5.91 Å². The number of rotatable bonds is 5. The van der Waals surface area contributed by atoms with Crippen LogP contribution in [0.4, 0.5) is 5.82 Å². The van der Waals surface area contributed by atoms with E-state index in [1.54, 1.807) is 0 Å². The number of carbonyl (C=O) groups excluding carboxylic acids is 1. The monoisotopic (exact) mass is 479 g/mol. The molecule has 4 heterocycles. The van der Waals surface area contributed by atoms with E-state index in [1.807, 2.05) is 60.4 Å². The third-order valence-electron chi connectivity index (χ3n) is 6.69. The molecular formula is C25H30ClN7O. The van der Waals surface area contributed by atoms with Crippen LogP contribution in [0.3, 0.4) is 0 Å². The van der Waals surface area contributed by atoms with Crippen molar-refractivity contribution in [1.29, 1.82) is 0 Å². The summed E-state index contributed by atoms with van der Waals surface area (Å²) in [6.45, 7) is 3.52. The summed E-state index contributed by atoms with van der Waals surface area (Å²) in [5, 5.41) is 9.89. The molecule has 0 radical (unpaired) electrons. The molecule has 2 aromatic heterocycles. The molecule has 9 heteroatoms. The summed E-state index contributed by atoms with van der Waals surface area (Å²) < 4.78 is 2.17. The Kier molecular flexibility index (Phi) is 6.52. The standard InChI is InChI=1S/C25H30ClN7O/c1-30(2)12-10-24(34)32-16-19-15-20(26)6-7-21(19)33-23(17-32)28-29-25(33)18-8-13-31(14-9-18)22-5-3-4-11-27-22/h3-7,11,15,18H,8-10,12-14,16-17H2,1-2H3. The largest absolute Gasteiger partial charge is 0.357 e. The van der Waals surface area contributed by atoms with Crippen LogP contribution in [0.2, 0.25) is 5.02 Å². The number of carbonyl (C=O) groups is 1. The molecule has 1 aromatic carbocycles. The summed E-state index contributed by atoms with van der Waals surface area (Å²) in [6.07, 6.45) is 4.26. The molecule has 178 valence electrons. The number of pyridine rings is 1. The molecule has 2 aliphatic heterocycles. The van der Waals surface area contributed by atoms with Gasteiger partial charge in [0.25, 0.3) is 0 Å². The second-order valence-corrected chi connectivity index (χ2v) is 9.77. The molecule has 1 saturated heterocycles. The normalized spacial score (nSPS) is 16.4. The average Bonchev–Trinajstić information content (AvgIpc) is 3.19. The zero-order chi connectivity index (χ0) is 23.7. The van der Waals surface area contributed by atoms with Gasteiger partial charge in [0.1, 0.15) is 11.6 Å². The number of piperidine rings is 1. The fourth-order valence-corrected chi connectivity index (χ4v) is 5.05. The molecule has 0 unspecified atom stereocenters. The summed E-state index contributed by atoms with van der Waals surface area (Å²) in [5.74, 6) is 3.21. The Balaban J connectivity index is 1.42. The van der Waals surface area contributed by atoms with Crippen molar-refractivity contribution in [3.63, 3.8) is 0 Å². The first kappa shape index (κ1) is 22.8. The Bertz CT molecular complexity index is 1160. The van der Waals surface area contributed by atoms with E-state index in [2.05, 4.69) is 30.7 Å². The van der Waals surface area contributed by atoms with Crippen molar-refractivity contribution in [2.75, 3.05) is 38.6 Å². The Labute approximate surface area is 205 Å². The Hall–Kier alpha value is -2.97. The number of aromatic nitrogens is 4. The lowest BCUT2D eigenvalue weighted by atomic mass is 9.95. The number of halogens is 1. The van der Waals surface area contributed by atoms with E-state index in [0.717, 1.165) is 54.6 Å². The van der Waals surface area contributed by atoms with E-state index in [0.29, 0.717) is 37.0 Å². The van der Waals surface area contributed by atoms with Crippen LogP contribution in [-0.4, -0.2) is 69.2 Å². The van der Waals surface area contributed by atoms with Gasteiger partial charge in [0.05, 0.1) is 12.2 Å². The van der Waals surface area contributed by atoms with Crippen molar-refractivity contribution in [3.05, 3.63) is 64.8 Å². The summed E-state index contributed by atoms with van der Waals surface area (Å²) in [4.78, 5) is 23.8. The summed E-state index contributed by atoms with van der Waals surface area (Å²) >= 11 is 6.36. The van der Waals surface area contributed by atoms with Gasteiger partial charge in [-0.15, -0.1) is 10.2 Å². The molecule has 1 amide bonds. The van der Waals surface area contributed by atoms with Crippen LogP contribution >= 0.6 is 11.6 Å². The van der Waals surface area contributed by atoms with E-state index in [9.17, 15) is 4.79 Å². The molecule has 2 aliphatic rings. The molecule has 0 aliphatic carbocycles. The molecular weight excluding hydrogens is 450 g/mol. The second kappa shape index (κ2) is 9.72. The number of anilines is 1. The zero-order valence-electron chi connectivity index (χ0n) is 19.7. The van der Waals surface area contributed by atoms with Gasteiger partial charge in [0, 0.05) is 49.7 Å². The van der Waals surface area contributed by atoms with Gasteiger partial charge in [-0.25, -0.2) is 4.98 Å². The van der Waals surface area contributed by atoms with E-state index in [1.165, 1.54) is 0 Å². The lowest BCUT2D eigenvalue weighted by molar-refractivity contribution is -0.132. The highest BCUT2D eigenvalue weighted by molar-refractivity contribution is 6.30. The van der Waals surface area contributed by atoms with Crippen molar-refractivity contribution < 1.29 is 4.79 Å². The molecule has 34 heavy (non-hydrogen) atoms. The van der Waals surface area contributed by atoms with Crippen LogP contribution in [0.5, 0.6) is 0 Å². The lowest BCUT2D eigenvalue weighted by Gasteiger charge is -2.32. The Morgan fingerprint density at radius 2 is 1.94 bits per heavy atom. The Morgan fingerprint density at radius 3 is 2.68 bits per heavy atom. The van der Waals surface area contributed by atoms with Crippen LogP contribution in [-0.2, 0) is 17.9 Å². The first-order valence-corrected chi connectivity index (χ1v) is 12.2. The summed E-state index contributed by atoms with van der Waals surface area (Å²) in [6, 6.07) is 11.9. The van der Waals surface area contributed by atoms with Gasteiger partial charge in [-0.2, -0.15) is 0 Å². The maximum atomic E-state index is 13.0. The van der Waals surface area contributed by atoms with Crippen LogP contribution in [0, 0.1) is 0 Å². The molecule has 1 fully saturated rings. The smallest absolute Gasteiger partial charge is 0.224 e. The average molecular weight is 480 g/mol. The second-order valence-electron chi connectivity index (χ2n) is 9.34. The van der Waals surface area contributed by atoms with Crippen molar-refractivity contribution in [2.24, 2.45) is 0 Å². The maximum Gasteiger partial charge on any atom is 0.224 e. The number of hydrogen-bond acceptors (Lipinski definition) is 6. The maximum absolute atomic E-state index is 13.0. The van der Waals surface area contributed by atoms with Crippen molar-refractivity contribution >= 4 is 23.3 Å². The van der Waals surface area contributed by atoms with E-state index >= 15 is 0 Å². The van der Waals surface area contributed by atoms with Gasteiger partial charge in [0.15, 0.2) is 5.82 Å². The molecule has 5 rings (SSSR count). The van der Waals surface area contributed by atoms with Crippen LogP contribution in [0.1, 0.15) is 42.4 Å². The number of benzene rings is 1. The van der Waals surface area contributed by atoms with E-state index < -0.39 is 0 Å². The van der Waals surface area contributed by atoms with Crippen LogP contribution in [0.25, 0.3) is 5.69 Å². The van der Waals surface area contributed by atoms with Crippen LogP contribution < -0.4 is 4.90 Å². The molecule has 0 saturated carbocycles. The predicted molar refractivity (Wildman–Crippen MR) is 132 cm³/mol. The fourth-order valence-electron chi connectivity index (χ4n) is 4.85. The highest BCUT2D eigenvalue weighted by Gasteiger charge is 2.31. The summed E-state index contributed by atoms with van der Waals surface area (Å²) in [5.41, 5.74) is 2.05. The van der Waals surface area contributed by atoms with Gasteiger partial charge < -0.3 is 14.7 Å². The van der Waals surface area contributed by atoms with Crippen molar-refractivity contribution in [3.8, 4) is 5.69 Å². The molecule has 0 bridgehead atoms. The van der Waals surface area contributed by atoms with Gasteiger partial charge >= 0.3 is 0 Å². The third-order valence-corrected chi connectivity index (χ3v) is 6.93. The molecule has 8 nitrogen and oxygen atoms in total. The van der Waals surface area contributed by atoms with Crippen molar-refractivity contribution in [2.45, 2.75) is 38.3 Å². The molecule has 0 N–H and O–H groups in total. The SMILES string of the molecule is CN(C)CCC(=O)N1Cc2cc(Cl)ccc2-n2c(nnc2C2CCN(c3ccccn3)CC2)C1. The highest BCUT2D eigenvalue weighted by Crippen LogP contribution is 2.34. The lowest BCUT2D eigenvalue weighted by Crippen LogP contribution is -2.34. The minimum absolute atomic E-state index is 0.112. The zero-order valence-corrected chi connectivity index (χ0v) is 20.4. The molecule has 3 aromatic rings. The minimum atomic E-state index is 0.112.